The lowest BCUT2D eigenvalue weighted by atomic mass is 9.55. The Labute approximate surface area is 443 Å². The molecule has 1 heterocycles. The van der Waals surface area contributed by atoms with E-state index < -0.39 is 28.8 Å². The maximum absolute atomic E-state index is 15.4. The van der Waals surface area contributed by atoms with Crippen LogP contribution in [0.25, 0.3) is 10.8 Å². The molecule has 1 saturated carbocycles. The number of non-ortho nitro benzene ring substituents is 1. The molecule has 75 heavy (non-hydrogen) atoms. The third kappa shape index (κ3) is 14.4. The Bertz CT molecular complexity index is 2560. The minimum absolute atomic E-state index is 0.0223. The van der Waals surface area contributed by atoms with Crippen molar-refractivity contribution in [3.63, 3.8) is 0 Å². The second kappa shape index (κ2) is 28.7. The van der Waals surface area contributed by atoms with Crippen LogP contribution in [0.15, 0.2) is 114 Å². The quantitative estimate of drug-likeness (QED) is 0.0190. The van der Waals surface area contributed by atoms with Crippen LogP contribution >= 0.6 is 0 Å². The second-order valence-electron chi connectivity index (χ2n) is 20.5. The highest BCUT2D eigenvalue weighted by Gasteiger charge is 2.65. The molecule has 2 amide bonds. The molecule has 4 aromatic rings. The molecule has 14 nitrogen and oxygen atoms in total. The molecule has 1 aliphatic heterocycles. The van der Waals surface area contributed by atoms with E-state index in [4.69, 9.17) is 24.2 Å². The summed E-state index contributed by atoms with van der Waals surface area (Å²) >= 11 is 0. The van der Waals surface area contributed by atoms with Gasteiger partial charge in [-0.25, -0.2) is 4.79 Å². The number of hydrogen-bond donors (Lipinski definition) is 3. The van der Waals surface area contributed by atoms with Gasteiger partial charge in [0, 0.05) is 61.9 Å². The number of aliphatic hydroxyl groups excluding tert-OH is 2. The largest absolute Gasteiger partial charge is 0.459 e. The monoisotopic (exact) mass is 1030 g/mol. The molecule has 0 unspecified atom stereocenters. The molecule has 0 spiro atoms. The number of hydrogen-bond acceptors (Lipinski definition) is 11. The Morgan fingerprint density at radius 1 is 0.853 bits per heavy atom. The molecule has 0 aromatic heterocycles. The number of allylic oxidation sites excluding steroid dienone is 1. The van der Waals surface area contributed by atoms with Crippen LogP contribution in [0.5, 0.6) is 11.5 Å². The average molecular weight is 1030 g/mol. The highest BCUT2D eigenvalue weighted by atomic mass is 16.7. The van der Waals surface area contributed by atoms with Gasteiger partial charge in [0.25, 0.3) is 11.6 Å². The summed E-state index contributed by atoms with van der Waals surface area (Å²) in [5.74, 6) is -1.75. The number of nitrogens with zero attached hydrogens (tertiary/aromatic N) is 3. The number of oxime groups is 1. The Morgan fingerprint density at radius 2 is 1.56 bits per heavy atom. The first-order chi connectivity index (χ1) is 36.7. The summed E-state index contributed by atoms with van der Waals surface area (Å²) in [7, 11) is 0. The number of fused-ring (bicyclic) bond motifs is 3. The van der Waals surface area contributed by atoms with Gasteiger partial charge in [0.05, 0.1) is 23.2 Å². The van der Waals surface area contributed by atoms with Crippen molar-refractivity contribution in [2.24, 2.45) is 22.9 Å². The Hall–Kier alpha value is -6.09. The van der Waals surface area contributed by atoms with Crippen LogP contribution in [0.1, 0.15) is 157 Å². The predicted octanol–water partition coefficient (Wildman–Crippen LogP) is 13.1. The molecule has 0 saturated heterocycles. The third-order valence-corrected chi connectivity index (χ3v) is 15.3. The lowest BCUT2D eigenvalue weighted by Gasteiger charge is -2.60. The van der Waals surface area contributed by atoms with E-state index in [1.54, 1.807) is 24.3 Å². The van der Waals surface area contributed by atoms with Gasteiger partial charge in [-0.15, -0.1) is 6.58 Å². The van der Waals surface area contributed by atoms with Crippen molar-refractivity contribution in [1.29, 1.82) is 0 Å². The predicted molar refractivity (Wildman–Crippen MR) is 294 cm³/mol. The van der Waals surface area contributed by atoms with Gasteiger partial charge in [0.2, 0.25) is 5.79 Å². The van der Waals surface area contributed by atoms with Crippen LogP contribution in [0.4, 0.5) is 10.5 Å². The SMILES string of the molecule is C=CCO[C@@]12Oc3ccc(OC(=O)NCCCCCCCCCCCC)cc3[C@H]3[C@H](CCCCO)[C@@H](CCCCO)C=C(C(=NOCc4ccc([N+](=O)[O-])cc4)C[C@@H]1N(CCC)C(=O)c1ccc4ccccc4c1)[C@H]32. The van der Waals surface area contributed by atoms with E-state index in [1.807, 2.05) is 66.4 Å². The number of nitro benzene ring substituents is 1. The molecule has 0 bridgehead atoms. The third-order valence-electron chi connectivity index (χ3n) is 15.3. The lowest BCUT2D eigenvalue weighted by molar-refractivity contribution is -0.384. The summed E-state index contributed by atoms with van der Waals surface area (Å²) in [6.07, 6.45) is 20.5. The van der Waals surface area contributed by atoms with E-state index in [1.165, 1.54) is 57.1 Å². The Balaban J connectivity index is 1.30. The van der Waals surface area contributed by atoms with Crippen LogP contribution in [0.2, 0.25) is 0 Å². The highest BCUT2D eigenvalue weighted by molar-refractivity contribution is 6.04. The zero-order valence-electron chi connectivity index (χ0n) is 44.3. The van der Waals surface area contributed by atoms with Gasteiger partial charge >= 0.3 is 6.09 Å². The summed E-state index contributed by atoms with van der Waals surface area (Å²) in [5, 5.41) is 41.5. The number of carbonyl (C=O) groups is 2. The smallest absolute Gasteiger partial charge is 0.412 e. The molecule has 404 valence electrons. The fourth-order valence-corrected chi connectivity index (χ4v) is 11.7. The van der Waals surface area contributed by atoms with Crippen molar-refractivity contribution in [2.75, 3.05) is 32.9 Å². The van der Waals surface area contributed by atoms with Crippen LogP contribution in [-0.2, 0) is 16.2 Å². The number of unbranched alkanes of at least 4 members (excludes halogenated alkanes) is 11. The molecule has 3 N–H and O–H groups in total. The van der Waals surface area contributed by atoms with E-state index >= 15 is 4.79 Å². The number of aliphatic hydroxyl groups is 2. The number of ether oxygens (including phenoxy) is 3. The average Bonchev–Trinajstić information content (AvgIpc) is 3.45. The van der Waals surface area contributed by atoms with Crippen LogP contribution < -0.4 is 14.8 Å². The van der Waals surface area contributed by atoms with E-state index in [0.717, 1.165) is 66.9 Å². The van der Waals surface area contributed by atoms with Crippen molar-refractivity contribution >= 4 is 34.2 Å². The molecule has 14 heteroatoms. The number of amides is 2. The van der Waals surface area contributed by atoms with Crippen LogP contribution in [0, 0.1) is 27.9 Å². The molecule has 0 radical (unpaired) electrons. The Kier molecular flexibility index (Phi) is 21.7. The van der Waals surface area contributed by atoms with E-state index in [-0.39, 0.29) is 62.2 Å². The summed E-state index contributed by atoms with van der Waals surface area (Å²) in [6, 6.07) is 24.6. The fourth-order valence-electron chi connectivity index (χ4n) is 11.7. The van der Waals surface area contributed by atoms with Crippen molar-refractivity contribution in [2.45, 2.75) is 154 Å². The molecule has 7 rings (SSSR count). The number of benzene rings is 4. The number of carbonyl (C=O) groups excluding carboxylic acids is 2. The van der Waals surface area contributed by atoms with E-state index in [2.05, 4.69) is 24.9 Å². The molecular weight excluding hydrogens is 949 g/mol. The number of nitro groups is 1. The first-order valence-corrected chi connectivity index (χ1v) is 27.8. The highest BCUT2D eigenvalue weighted by Crippen LogP contribution is 2.62. The molecule has 2 aliphatic carbocycles. The van der Waals surface area contributed by atoms with Gasteiger partial charge in [-0.1, -0.05) is 132 Å². The van der Waals surface area contributed by atoms with Crippen molar-refractivity contribution < 1.29 is 43.8 Å². The summed E-state index contributed by atoms with van der Waals surface area (Å²) < 4.78 is 20.7. The molecular formula is C61H80N4O10. The van der Waals surface area contributed by atoms with Gasteiger partial charge in [0.1, 0.15) is 24.1 Å². The first-order valence-electron chi connectivity index (χ1n) is 27.8. The summed E-state index contributed by atoms with van der Waals surface area (Å²) in [5.41, 5.74) is 3.49. The van der Waals surface area contributed by atoms with Crippen molar-refractivity contribution in [1.82, 2.24) is 10.2 Å². The Morgan fingerprint density at radius 3 is 2.25 bits per heavy atom. The molecule has 1 fully saturated rings. The zero-order valence-corrected chi connectivity index (χ0v) is 44.3. The van der Waals surface area contributed by atoms with E-state index in [9.17, 15) is 25.1 Å². The van der Waals surface area contributed by atoms with Crippen molar-refractivity contribution in [3.05, 3.63) is 136 Å². The maximum Gasteiger partial charge on any atom is 0.412 e. The van der Waals surface area contributed by atoms with Crippen LogP contribution in [-0.4, -0.2) is 82.5 Å². The summed E-state index contributed by atoms with van der Waals surface area (Å²) in [6.45, 7) is 9.46. The van der Waals surface area contributed by atoms with E-state index in [0.29, 0.717) is 60.7 Å². The fraction of sp³-hybridized carbons (Fsp3) is 0.525. The molecule has 4 aromatic carbocycles. The number of nitrogens with one attached hydrogen (secondary N) is 1. The van der Waals surface area contributed by atoms with Crippen LogP contribution in [0.3, 0.4) is 0 Å². The van der Waals surface area contributed by atoms with Gasteiger partial charge < -0.3 is 39.5 Å². The molecule has 6 atom stereocenters. The van der Waals surface area contributed by atoms with Gasteiger partial charge in [-0.3, -0.25) is 14.9 Å². The van der Waals surface area contributed by atoms with Crippen molar-refractivity contribution in [3.8, 4) is 11.5 Å². The summed E-state index contributed by atoms with van der Waals surface area (Å²) in [4.78, 5) is 48.0. The zero-order chi connectivity index (χ0) is 53.0. The normalized spacial score (nSPS) is 21.1. The second-order valence-corrected chi connectivity index (χ2v) is 20.5. The topological polar surface area (TPSA) is 182 Å². The first kappa shape index (κ1) is 56.6. The van der Waals surface area contributed by atoms with Gasteiger partial charge in [-0.05, 0) is 115 Å². The maximum atomic E-state index is 15.4. The standard InChI is InChI=1S/C61H80N4O10/c1-4-7-8-9-10-11-12-13-14-19-34-62-60(69)74-50-32-33-55-53(41-50)57-51(25-18-21-37-67)47(24-17-20-36-66)40-52-54(63-73-43-44-26-30-49(31-27-44)65(70)71)42-56(61(75-55,58(52)57)72-38-6-3)64(35-5-2)59(68)48-29-28-45-22-15-16-23-46(45)39-48/h6,15-16,22-23,26-33,39-41,47,51,56-58,66-67H,3-5,7-14,17-21,24-25,34-38,42-43H2,1-2H3,(H,62,69)/t47-,51+,56-,57+,58+,61+/m0/s1. The van der Waals surface area contributed by atoms with Gasteiger partial charge in [0.15, 0.2) is 0 Å². The van der Waals surface area contributed by atoms with Gasteiger partial charge in [-0.2, -0.15) is 0 Å². The lowest BCUT2D eigenvalue weighted by Crippen LogP contribution is -2.70. The minimum Gasteiger partial charge on any atom is -0.459 e. The number of rotatable bonds is 31. The minimum atomic E-state index is -1.49. The molecule has 3 aliphatic rings.